The Morgan fingerprint density at radius 2 is 1.21 bits per heavy atom. The quantitative estimate of drug-likeness (QED) is 0.311. The number of unbranched alkanes of at least 4 members (excludes halogenated alkanes) is 7. The zero-order chi connectivity index (χ0) is 20.6. The van der Waals surface area contributed by atoms with E-state index in [4.69, 9.17) is 10.2 Å². The second-order valence-corrected chi connectivity index (χ2v) is 7.82. The highest BCUT2D eigenvalue weighted by Gasteiger charge is 2.06. The SMILES string of the molecule is CCCCCCc1ccc(CCCCCC(=O)O)c(CCCCCC(=O)O)c1. The Hall–Kier alpha value is -1.84. The van der Waals surface area contributed by atoms with Crippen molar-refractivity contribution in [3.8, 4) is 0 Å². The summed E-state index contributed by atoms with van der Waals surface area (Å²) >= 11 is 0. The summed E-state index contributed by atoms with van der Waals surface area (Å²) in [4.78, 5) is 21.3. The summed E-state index contributed by atoms with van der Waals surface area (Å²) in [6.45, 7) is 2.23. The first-order valence-electron chi connectivity index (χ1n) is 11.1. The van der Waals surface area contributed by atoms with Crippen LogP contribution in [0.5, 0.6) is 0 Å². The Labute approximate surface area is 170 Å². The minimum atomic E-state index is -0.713. The molecule has 0 radical (unpaired) electrons. The van der Waals surface area contributed by atoms with E-state index < -0.39 is 11.9 Å². The van der Waals surface area contributed by atoms with E-state index in [0.29, 0.717) is 0 Å². The van der Waals surface area contributed by atoms with E-state index in [-0.39, 0.29) is 12.8 Å². The Balaban J connectivity index is 2.57. The summed E-state index contributed by atoms with van der Waals surface area (Å²) in [7, 11) is 0. The monoisotopic (exact) mass is 390 g/mol. The molecule has 0 bridgehead atoms. The molecule has 0 aliphatic rings. The molecule has 1 rings (SSSR count). The molecule has 0 heterocycles. The van der Waals surface area contributed by atoms with Gasteiger partial charge in [0.05, 0.1) is 0 Å². The van der Waals surface area contributed by atoms with Crippen LogP contribution in [0.25, 0.3) is 0 Å². The molecule has 0 saturated heterocycles. The molecule has 0 amide bonds. The van der Waals surface area contributed by atoms with Crippen molar-refractivity contribution in [1.82, 2.24) is 0 Å². The highest BCUT2D eigenvalue weighted by Crippen LogP contribution is 2.20. The molecule has 0 spiro atoms. The largest absolute Gasteiger partial charge is 0.481 e. The lowest BCUT2D eigenvalue weighted by molar-refractivity contribution is -0.138. The Bertz CT molecular complexity index is 580. The predicted molar refractivity (Wildman–Crippen MR) is 114 cm³/mol. The third-order valence-corrected chi connectivity index (χ3v) is 5.26. The van der Waals surface area contributed by atoms with Gasteiger partial charge in [0.25, 0.3) is 0 Å². The molecule has 0 unspecified atom stereocenters. The number of benzene rings is 1. The standard InChI is InChI=1S/C24H38O4/c1-2-3-4-7-12-20-17-18-21(13-8-5-10-15-23(25)26)22(19-20)14-9-6-11-16-24(27)28/h17-19H,2-16H2,1H3,(H,25,26)(H,27,28). The number of rotatable bonds is 17. The minimum absolute atomic E-state index is 0.257. The van der Waals surface area contributed by atoms with Crippen LogP contribution in [0, 0.1) is 0 Å². The first kappa shape index (κ1) is 24.2. The van der Waals surface area contributed by atoms with Crippen LogP contribution in [0.4, 0.5) is 0 Å². The van der Waals surface area contributed by atoms with Crippen LogP contribution >= 0.6 is 0 Å². The zero-order valence-electron chi connectivity index (χ0n) is 17.5. The van der Waals surface area contributed by atoms with Gasteiger partial charge in [0.1, 0.15) is 0 Å². The van der Waals surface area contributed by atoms with E-state index in [9.17, 15) is 9.59 Å². The summed E-state index contributed by atoms with van der Waals surface area (Å²) < 4.78 is 0. The molecule has 0 fully saturated rings. The zero-order valence-corrected chi connectivity index (χ0v) is 17.5. The van der Waals surface area contributed by atoms with E-state index in [1.165, 1.54) is 42.4 Å². The molecule has 0 aromatic heterocycles. The van der Waals surface area contributed by atoms with Gasteiger partial charge in [-0.15, -0.1) is 0 Å². The third-order valence-electron chi connectivity index (χ3n) is 5.26. The second kappa shape index (κ2) is 15.1. The van der Waals surface area contributed by atoms with Crippen molar-refractivity contribution in [3.63, 3.8) is 0 Å². The molecule has 0 aliphatic heterocycles. The van der Waals surface area contributed by atoms with E-state index in [2.05, 4.69) is 25.1 Å². The molecule has 28 heavy (non-hydrogen) atoms. The van der Waals surface area contributed by atoms with Crippen molar-refractivity contribution in [2.45, 2.75) is 103 Å². The van der Waals surface area contributed by atoms with Crippen LogP contribution in [0.15, 0.2) is 18.2 Å². The van der Waals surface area contributed by atoms with Crippen LogP contribution < -0.4 is 0 Å². The first-order valence-corrected chi connectivity index (χ1v) is 11.1. The van der Waals surface area contributed by atoms with Gasteiger partial charge in [-0.2, -0.15) is 0 Å². The number of aliphatic carboxylic acids is 2. The van der Waals surface area contributed by atoms with Gasteiger partial charge in [-0.3, -0.25) is 9.59 Å². The fourth-order valence-corrected chi connectivity index (χ4v) is 3.60. The van der Waals surface area contributed by atoms with Crippen molar-refractivity contribution in [2.75, 3.05) is 0 Å². The van der Waals surface area contributed by atoms with Crippen LogP contribution in [-0.2, 0) is 28.9 Å². The van der Waals surface area contributed by atoms with E-state index in [1.807, 2.05) is 0 Å². The number of carbonyl (C=O) groups is 2. The maximum Gasteiger partial charge on any atom is 0.303 e. The second-order valence-electron chi connectivity index (χ2n) is 7.82. The summed E-state index contributed by atoms with van der Waals surface area (Å²) in [5.41, 5.74) is 4.19. The Morgan fingerprint density at radius 1 is 0.679 bits per heavy atom. The Kier molecular flexibility index (Phi) is 13.1. The summed E-state index contributed by atoms with van der Waals surface area (Å²) in [5.74, 6) is -1.43. The number of carboxylic acids is 2. The predicted octanol–water partition coefficient (Wildman–Crippen LogP) is 6.18. The van der Waals surface area contributed by atoms with Gasteiger partial charge < -0.3 is 10.2 Å². The topological polar surface area (TPSA) is 74.6 Å². The van der Waals surface area contributed by atoms with E-state index in [0.717, 1.165) is 57.8 Å². The molecule has 4 nitrogen and oxygen atoms in total. The highest BCUT2D eigenvalue weighted by molar-refractivity contribution is 5.66. The van der Waals surface area contributed by atoms with Gasteiger partial charge in [-0.25, -0.2) is 0 Å². The van der Waals surface area contributed by atoms with Crippen LogP contribution in [-0.4, -0.2) is 22.2 Å². The number of hydrogen-bond acceptors (Lipinski definition) is 2. The van der Waals surface area contributed by atoms with Crippen molar-refractivity contribution in [1.29, 1.82) is 0 Å². The molecule has 1 aromatic rings. The molecule has 0 aliphatic carbocycles. The molecule has 0 atom stereocenters. The molecular weight excluding hydrogens is 352 g/mol. The number of carboxylic acid groups (broad SMARTS) is 2. The smallest absolute Gasteiger partial charge is 0.303 e. The fourth-order valence-electron chi connectivity index (χ4n) is 3.60. The normalized spacial score (nSPS) is 10.9. The van der Waals surface area contributed by atoms with Gasteiger partial charge in [0, 0.05) is 12.8 Å². The van der Waals surface area contributed by atoms with Gasteiger partial charge in [-0.05, 0) is 68.1 Å². The Morgan fingerprint density at radius 3 is 1.79 bits per heavy atom. The maximum atomic E-state index is 10.7. The van der Waals surface area contributed by atoms with Crippen LogP contribution in [0.3, 0.4) is 0 Å². The summed E-state index contributed by atoms with van der Waals surface area (Å²) in [5, 5.41) is 17.5. The molecule has 1 aromatic carbocycles. The lowest BCUT2D eigenvalue weighted by atomic mass is 9.93. The number of hydrogen-bond donors (Lipinski definition) is 2. The maximum absolute atomic E-state index is 10.7. The summed E-state index contributed by atoms with van der Waals surface area (Å²) in [6, 6.07) is 6.88. The molecular formula is C24H38O4. The van der Waals surface area contributed by atoms with E-state index >= 15 is 0 Å². The molecule has 4 heteroatoms. The van der Waals surface area contributed by atoms with E-state index in [1.54, 1.807) is 0 Å². The molecule has 0 saturated carbocycles. The van der Waals surface area contributed by atoms with Gasteiger partial charge in [-0.1, -0.05) is 57.2 Å². The summed E-state index contributed by atoms with van der Waals surface area (Å²) in [6.07, 6.45) is 14.2. The average Bonchev–Trinajstić information content (AvgIpc) is 2.65. The average molecular weight is 391 g/mol. The molecule has 158 valence electrons. The first-order chi connectivity index (χ1) is 13.5. The van der Waals surface area contributed by atoms with Crippen molar-refractivity contribution in [3.05, 3.63) is 34.9 Å². The molecule has 2 N–H and O–H groups in total. The lowest BCUT2D eigenvalue weighted by Gasteiger charge is -2.12. The van der Waals surface area contributed by atoms with Gasteiger partial charge in [0.2, 0.25) is 0 Å². The lowest BCUT2D eigenvalue weighted by Crippen LogP contribution is -2.00. The van der Waals surface area contributed by atoms with Crippen LogP contribution in [0.2, 0.25) is 0 Å². The van der Waals surface area contributed by atoms with Gasteiger partial charge in [0.15, 0.2) is 0 Å². The highest BCUT2D eigenvalue weighted by atomic mass is 16.4. The fraction of sp³-hybridized carbons (Fsp3) is 0.667. The van der Waals surface area contributed by atoms with Gasteiger partial charge >= 0.3 is 11.9 Å². The van der Waals surface area contributed by atoms with Crippen LogP contribution in [0.1, 0.15) is 101 Å². The van der Waals surface area contributed by atoms with Crippen molar-refractivity contribution >= 4 is 11.9 Å². The minimum Gasteiger partial charge on any atom is -0.481 e. The third kappa shape index (κ3) is 11.8. The number of aryl methyl sites for hydroxylation is 3. The van der Waals surface area contributed by atoms with Crippen molar-refractivity contribution < 1.29 is 19.8 Å². The van der Waals surface area contributed by atoms with Crippen molar-refractivity contribution in [2.24, 2.45) is 0 Å².